The molecule has 116 valence electrons. The first kappa shape index (κ1) is 16.5. The van der Waals surface area contributed by atoms with Gasteiger partial charge in [-0.05, 0) is 36.8 Å². The Bertz CT molecular complexity index is 660. The molecule has 0 fully saturated rings. The van der Waals surface area contributed by atoms with Crippen LogP contribution in [-0.4, -0.2) is 16.8 Å². The normalized spacial score (nSPS) is 12.0. The summed E-state index contributed by atoms with van der Waals surface area (Å²) < 4.78 is 26.2. The van der Waals surface area contributed by atoms with Crippen LogP contribution in [0, 0.1) is 11.6 Å². The first-order valence-electron chi connectivity index (χ1n) is 6.61. The molecule has 0 saturated heterocycles. The van der Waals surface area contributed by atoms with Gasteiger partial charge in [-0.2, -0.15) is 0 Å². The highest BCUT2D eigenvalue weighted by Gasteiger charge is 2.08. The van der Waals surface area contributed by atoms with Crippen molar-refractivity contribution in [1.29, 1.82) is 0 Å². The summed E-state index contributed by atoms with van der Waals surface area (Å²) in [6.45, 7) is 1.65. The maximum absolute atomic E-state index is 13.4. The van der Waals surface area contributed by atoms with Crippen molar-refractivity contribution < 1.29 is 18.7 Å². The summed E-state index contributed by atoms with van der Waals surface area (Å²) in [5, 5.41) is 12.1. The van der Waals surface area contributed by atoms with Crippen molar-refractivity contribution in [2.45, 2.75) is 17.9 Å². The van der Waals surface area contributed by atoms with Gasteiger partial charge in [0.2, 0.25) is 5.91 Å². The zero-order chi connectivity index (χ0) is 16.1. The van der Waals surface area contributed by atoms with E-state index in [1.807, 2.05) is 0 Å². The molecule has 0 aliphatic carbocycles. The zero-order valence-corrected chi connectivity index (χ0v) is 12.7. The standard InChI is InChI=1S/C16H15F2NO2S/c1-10(20)11-2-5-13(6-3-11)19-16(21)9-22-15-7-4-12(17)8-14(15)18/h2-8,10,20H,9H2,1H3,(H,19,21)/t10-/m1/s1. The minimum Gasteiger partial charge on any atom is -0.389 e. The second kappa shape index (κ2) is 7.38. The summed E-state index contributed by atoms with van der Waals surface area (Å²) in [6.07, 6.45) is -0.568. The second-order valence-electron chi connectivity index (χ2n) is 4.71. The van der Waals surface area contributed by atoms with E-state index in [0.29, 0.717) is 5.69 Å². The van der Waals surface area contributed by atoms with Crippen LogP contribution in [-0.2, 0) is 4.79 Å². The number of aliphatic hydroxyl groups excluding tert-OH is 1. The average molecular weight is 323 g/mol. The van der Waals surface area contributed by atoms with Gasteiger partial charge in [0.1, 0.15) is 11.6 Å². The van der Waals surface area contributed by atoms with Gasteiger partial charge in [0.05, 0.1) is 11.9 Å². The summed E-state index contributed by atoms with van der Waals surface area (Å²) in [6, 6.07) is 10.0. The SMILES string of the molecule is C[C@@H](O)c1ccc(NC(=O)CSc2ccc(F)cc2F)cc1. The number of hydrogen-bond donors (Lipinski definition) is 2. The summed E-state index contributed by atoms with van der Waals surface area (Å²) in [5.41, 5.74) is 1.34. The lowest BCUT2D eigenvalue weighted by Gasteiger charge is -2.08. The maximum atomic E-state index is 13.4. The van der Waals surface area contributed by atoms with Crippen molar-refractivity contribution in [3.63, 3.8) is 0 Å². The highest BCUT2D eigenvalue weighted by molar-refractivity contribution is 8.00. The average Bonchev–Trinajstić information content (AvgIpc) is 2.47. The van der Waals surface area contributed by atoms with Gasteiger partial charge in [-0.3, -0.25) is 4.79 Å². The lowest BCUT2D eigenvalue weighted by molar-refractivity contribution is -0.113. The molecule has 2 aromatic carbocycles. The molecule has 22 heavy (non-hydrogen) atoms. The number of benzene rings is 2. The Morgan fingerprint density at radius 3 is 2.50 bits per heavy atom. The Morgan fingerprint density at radius 1 is 1.23 bits per heavy atom. The molecule has 2 N–H and O–H groups in total. The van der Waals surface area contributed by atoms with Crippen LogP contribution < -0.4 is 5.32 Å². The molecule has 0 aliphatic rings. The van der Waals surface area contributed by atoms with Crippen molar-refractivity contribution in [2.24, 2.45) is 0 Å². The van der Waals surface area contributed by atoms with Crippen LogP contribution in [0.5, 0.6) is 0 Å². The third-order valence-electron chi connectivity index (χ3n) is 2.93. The molecule has 1 amide bonds. The van der Waals surface area contributed by atoms with E-state index < -0.39 is 17.7 Å². The van der Waals surface area contributed by atoms with Crippen molar-refractivity contribution in [3.05, 3.63) is 59.7 Å². The van der Waals surface area contributed by atoms with E-state index in [-0.39, 0.29) is 16.6 Å². The lowest BCUT2D eigenvalue weighted by atomic mass is 10.1. The van der Waals surface area contributed by atoms with Crippen LogP contribution in [0.1, 0.15) is 18.6 Å². The number of thioether (sulfide) groups is 1. The van der Waals surface area contributed by atoms with Gasteiger partial charge in [-0.25, -0.2) is 8.78 Å². The van der Waals surface area contributed by atoms with E-state index >= 15 is 0 Å². The number of rotatable bonds is 5. The molecule has 2 rings (SSSR count). The van der Waals surface area contributed by atoms with E-state index in [1.54, 1.807) is 31.2 Å². The quantitative estimate of drug-likeness (QED) is 0.824. The molecule has 0 unspecified atom stereocenters. The monoisotopic (exact) mass is 323 g/mol. The van der Waals surface area contributed by atoms with E-state index in [9.17, 15) is 18.7 Å². The van der Waals surface area contributed by atoms with Crippen molar-refractivity contribution >= 4 is 23.4 Å². The Kier molecular flexibility index (Phi) is 5.51. The first-order valence-corrected chi connectivity index (χ1v) is 7.60. The van der Waals surface area contributed by atoms with Gasteiger partial charge >= 0.3 is 0 Å². The Hall–Kier alpha value is -1.92. The van der Waals surface area contributed by atoms with Crippen LogP contribution >= 0.6 is 11.8 Å². The zero-order valence-electron chi connectivity index (χ0n) is 11.8. The third-order valence-corrected chi connectivity index (χ3v) is 3.98. The minimum absolute atomic E-state index is 0.0146. The highest BCUT2D eigenvalue weighted by atomic mass is 32.2. The van der Waals surface area contributed by atoms with Gasteiger partial charge in [0.25, 0.3) is 0 Å². The van der Waals surface area contributed by atoms with E-state index in [0.717, 1.165) is 29.5 Å². The molecule has 3 nitrogen and oxygen atoms in total. The Morgan fingerprint density at radius 2 is 1.91 bits per heavy atom. The van der Waals surface area contributed by atoms with E-state index in [4.69, 9.17) is 0 Å². The molecule has 0 bridgehead atoms. The fourth-order valence-electron chi connectivity index (χ4n) is 1.78. The molecular formula is C16H15F2NO2S. The molecule has 0 saturated carbocycles. The number of anilines is 1. The summed E-state index contributed by atoms with van der Waals surface area (Å²) in [7, 11) is 0. The maximum Gasteiger partial charge on any atom is 0.234 e. The third kappa shape index (κ3) is 4.54. The second-order valence-corrected chi connectivity index (χ2v) is 5.73. The number of carbonyl (C=O) groups excluding carboxylic acids is 1. The summed E-state index contributed by atoms with van der Waals surface area (Å²) >= 11 is 0.997. The van der Waals surface area contributed by atoms with Gasteiger partial charge in [-0.15, -0.1) is 11.8 Å². The Labute approximate surface area is 131 Å². The van der Waals surface area contributed by atoms with Gasteiger partial charge < -0.3 is 10.4 Å². The Balaban J connectivity index is 1.90. The topological polar surface area (TPSA) is 49.3 Å². The van der Waals surface area contributed by atoms with Gasteiger partial charge in [0.15, 0.2) is 0 Å². The molecule has 6 heteroatoms. The molecule has 0 aromatic heterocycles. The van der Waals surface area contributed by atoms with Crippen LogP contribution in [0.2, 0.25) is 0 Å². The van der Waals surface area contributed by atoms with Crippen molar-refractivity contribution in [3.8, 4) is 0 Å². The first-order chi connectivity index (χ1) is 10.5. The number of hydrogen-bond acceptors (Lipinski definition) is 3. The number of aliphatic hydroxyl groups is 1. The molecule has 1 atom stereocenters. The number of nitrogens with one attached hydrogen (secondary N) is 1. The van der Waals surface area contributed by atoms with Gasteiger partial charge in [0, 0.05) is 16.6 Å². The minimum atomic E-state index is -0.681. The van der Waals surface area contributed by atoms with Gasteiger partial charge in [-0.1, -0.05) is 12.1 Å². The molecule has 2 aromatic rings. The number of halogens is 2. The highest BCUT2D eigenvalue weighted by Crippen LogP contribution is 2.22. The predicted octanol–water partition coefficient (Wildman–Crippen LogP) is 3.75. The molecule has 0 aliphatic heterocycles. The number of carbonyl (C=O) groups is 1. The molecule has 0 radical (unpaired) electrons. The molecule has 0 heterocycles. The van der Waals surface area contributed by atoms with E-state index in [2.05, 4.69) is 5.32 Å². The predicted molar refractivity (Wildman–Crippen MR) is 82.8 cm³/mol. The largest absolute Gasteiger partial charge is 0.389 e. The molecular weight excluding hydrogens is 308 g/mol. The van der Waals surface area contributed by atoms with Crippen molar-refractivity contribution in [2.75, 3.05) is 11.1 Å². The number of amides is 1. The molecule has 0 spiro atoms. The van der Waals surface area contributed by atoms with Crippen LogP contribution in [0.25, 0.3) is 0 Å². The van der Waals surface area contributed by atoms with Crippen LogP contribution in [0.4, 0.5) is 14.5 Å². The van der Waals surface area contributed by atoms with Crippen LogP contribution in [0.15, 0.2) is 47.4 Å². The van der Waals surface area contributed by atoms with Crippen LogP contribution in [0.3, 0.4) is 0 Å². The van der Waals surface area contributed by atoms with Crippen molar-refractivity contribution in [1.82, 2.24) is 0 Å². The van der Waals surface area contributed by atoms with E-state index in [1.165, 1.54) is 6.07 Å². The fraction of sp³-hybridized carbons (Fsp3) is 0.188. The summed E-state index contributed by atoms with van der Waals surface area (Å²) in [4.78, 5) is 12.0. The lowest BCUT2D eigenvalue weighted by Crippen LogP contribution is -2.14. The smallest absolute Gasteiger partial charge is 0.234 e. The fourth-order valence-corrected chi connectivity index (χ4v) is 2.50. The summed E-state index contributed by atoms with van der Waals surface area (Å²) in [5.74, 6) is -1.61.